The molecule has 0 unspecified atom stereocenters. The Labute approximate surface area is 71.8 Å². The van der Waals surface area contributed by atoms with E-state index in [0.717, 1.165) is 0 Å². The first-order valence-corrected chi connectivity index (χ1v) is 14.5. The van der Waals surface area contributed by atoms with Crippen LogP contribution in [0.2, 0.25) is 0 Å². The van der Waals surface area contributed by atoms with Gasteiger partial charge in [-0.3, -0.25) is 0 Å². The second kappa shape index (κ2) is 8.44. The number of hydrogen-bond acceptors (Lipinski definition) is 1. The van der Waals surface area contributed by atoms with Crippen LogP contribution in [0.3, 0.4) is 0 Å². The molecule has 4 N–H and O–H groups in total. The fourth-order valence-electron chi connectivity index (χ4n) is 0. The molecule has 50 valence electrons. The molecule has 2 nitrogen and oxygen atoms in total. The molecule has 0 saturated carbocycles. The Morgan fingerprint density at radius 2 is 1.25 bits per heavy atom. The summed E-state index contributed by atoms with van der Waals surface area (Å²) in [5.74, 6) is 0. The van der Waals surface area contributed by atoms with Crippen LogP contribution in [0, 0.1) is 0 Å². The molecular formula is CH4BiCl3N2S. The Morgan fingerprint density at radius 3 is 1.25 bits per heavy atom. The van der Waals surface area contributed by atoms with E-state index in [-0.39, 0.29) is 5.11 Å². The average molecular weight is 391 g/mol. The third kappa shape index (κ3) is 148. The van der Waals surface area contributed by atoms with E-state index in [9.17, 15) is 0 Å². The summed E-state index contributed by atoms with van der Waals surface area (Å²) < 4.78 is 0. The summed E-state index contributed by atoms with van der Waals surface area (Å²) in [7, 11) is 15.0. The summed E-state index contributed by atoms with van der Waals surface area (Å²) in [5.41, 5.74) is 9.24. The first kappa shape index (κ1) is 12.2. The maximum atomic E-state index is 5.01. The second-order valence-corrected chi connectivity index (χ2v) is 16.0. The van der Waals surface area contributed by atoms with Crippen molar-refractivity contribution in [3.05, 3.63) is 0 Å². The number of thiocarbonyl (C=S) groups is 1. The molecule has 0 amide bonds. The molecular weight excluding hydrogens is 387 g/mol. The molecule has 0 aromatic carbocycles. The Balaban J connectivity index is 0. The predicted molar refractivity (Wildman–Crippen MR) is 44.3 cm³/mol. The molecule has 0 aliphatic rings. The Bertz CT molecular complexity index is 61.5. The van der Waals surface area contributed by atoms with Crippen molar-refractivity contribution in [3.8, 4) is 0 Å². The quantitative estimate of drug-likeness (QED) is 0.476. The van der Waals surface area contributed by atoms with Gasteiger partial charge in [0.2, 0.25) is 0 Å². The molecule has 0 radical (unpaired) electrons. The summed E-state index contributed by atoms with van der Waals surface area (Å²) in [4.78, 5) is 0. The molecule has 0 fully saturated rings. The van der Waals surface area contributed by atoms with Crippen molar-refractivity contribution in [3.63, 3.8) is 0 Å². The zero-order valence-corrected chi connectivity index (χ0v) is 10.2. The van der Waals surface area contributed by atoms with Crippen LogP contribution in [0.15, 0.2) is 0 Å². The van der Waals surface area contributed by atoms with E-state index in [2.05, 4.69) is 23.7 Å². The van der Waals surface area contributed by atoms with Crippen LogP contribution < -0.4 is 11.5 Å². The molecule has 0 spiro atoms. The van der Waals surface area contributed by atoms with Gasteiger partial charge in [0.25, 0.3) is 0 Å². The van der Waals surface area contributed by atoms with Crippen LogP contribution in [-0.4, -0.2) is 23.3 Å². The molecule has 0 aliphatic carbocycles. The first-order chi connectivity index (χ1) is 3.46. The van der Waals surface area contributed by atoms with Crippen molar-refractivity contribution in [2.45, 2.75) is 0 Å². The van der Waals surface area contributed by atoms with Gasteiger partial charge in [-0.2, -0.15) is 0 Å². The molecule has 8 heavy (non-hydrogen) atoms. The molecule has 0 heterocycles. The minimum atomic E-state index is -2.18. The van der Waals surface area contributed by atoms with E-state index in [1.54, 1.807) is 0 Å². The molecule has 0 atom stereocenters. The van der Waals surface area contributed by atoms with Gasteiger partial charge in [0.05, 0.1) is 0 Å². The van der Waals surface area contributed by atoms with Gasteiger partial charge >= 0.3 is 43.7 Å². The zero-order chi connectivity index (χ0) is 7.15. The van der Waals surface area contributed by atoms with Gasteiger partial charge in [0, 0.05) is 0 Å². The summed E-state index contributed by atoms with van der Waals surface area (Å²) >= 11 is 1.92. The Morgan fingerprint density at radius 1 is 1.25 bits per heavy atom. The van der Waals surface area contributed by atoms with Crippen LogP contribution in [0.1, 0.15) is 0 Å². The van der Waals surface area contributed by atoms with Crippen molar-refractivity contribution < 1.29 is 0 Å². The van der Waals surface area contributed by atoms with Gasteiger partial charge in [0.1, 0.15) is 0 Å². The summed E-state index contributed by atoms with van der Waals surface area (Å²) in [6.45, 7) is 0. The van der Waals surface area contributed by atoms with Crippen LogP contribution in [0.5, 0.6) is 0 Å². The molecule has 0 saturated heterocycles. The standard InChI is InChI=1S/CH4N2S.Bi.3ClH/c2-1(3)4;;;;/h(H4,2,3,4);;3*1H/q;+3;;;/p-3. The fourth-order valence-corrected chi connectivity index (χ4v) is 0. The Hall–Kier alpha value is 1.44. The van der Waals surface area contributed by atoms with Gasteiger partial charge in [-0.1, -0.05) is 0 Å². The number of hydrogen-bond donors (Lipinski definition) is 2. The van der Waals surface area contributed by atoms with Crippen molar-refractivity contribution in [1.29, 1.82) is 0 Å². The molecule has 0 rings (SSSR count). The molecule has 0 aliphatic heterocycles. The average Bonchev–Trinajstić information content (AvgIpc) is 1.25. The van der Waals surface area contributed by atoms with Gasteiger partial charge in [0.15, 0.2) is 5.11 Å². The topological polar surface area (TPSA) is 52.0 Å². The second-order valence-electron chi connectivity index (χ2n) is 0.594. The van der Waals surface area contributed by atoms with Crippen LogP contribution >= 0.6 is 37.8 Å². The van der Waals surface area contributed by atoms with E-state index in [0.29, 0.717) is 0 Å². The summed E-state index contributed by atoms with van der Waals surface area (Å²) in [5, 5.41) is 0.000000000000000222. The number of nitrogens with two attached hydrogens (primary N) is 2. The van der Waals surface area contributed by atoms with Gasteiger partial charge in [-0.05, 0) is 12.2 Å². The van der Waals surface area contributed by atoms with E-state index >= 15 is 0 Å². The summed E-state index contributed by atoms with van der Waals surface area (Å²) in [6, 6.07) is 0. The normalized spacial score (nSPS) is 7.50. The predicted octanol–water partition coefficient (Wildman–Crippen LogP) is 0.876. The third-order valence-corrected chi connectivity index (χ3v) is 0. The molecule has 7 heteroatoms. The van der Waals surface area contributed by atoms with Crippen molar-refractivity contribution in [2.75, 3.05) is 0 Å². The van der Waals surface area contributed by atoms with E-state index < -0.39 is 18.2 Å². The fraction of sp³-hybridized carbons (Fsp3) is 0. The minimum absolute atomic E-state index is 0.000000000000000222. The SMILES string of the molecule is NC(N)=S.[Cl][Bi]([Cl])[Cl]. The van der Waals surface area contributed by atoms with Crippen molar-refractivity contribution >= 4 is 61.0 Å². The van der Waals surface area contributed by atoms with E-state index in [1.807, 2.05) is 0 Å². The van der Waals surface area contributed by atoms with Gasteiger partial charge in [-0.15, -0.1) is 0 Å². The zero-order valence-electron chi connectivity index (χ0n) is 3.64. The maximum absolute atomic E-state index is 5.01. The van der Waals surface area contributed by atoms with Crippen molar-refractivity contribution in [1.82, 2.24) is 0 Å². The van der Waals surface area contributed by atoms with Crippen LogP contribution in [0.25, 0.3) is 0 Å². The molecule has 0 aromatic heterocycles. The van der Waals surface area contributed by atoms with E-state index in [4.69, 9.17) is 25.5 Å². The number of halogens is 3. The Kier molecular flexibility index (Phi) is 12.8. The van der Waals surface area contributed by atoms with E-state index in [1.165, 1.54) is 0 Å². The summed E-state index contributed by atoms with van der Waals surface area (Å²) in [6.07, 6.45) is 0. The van der Waals surface area contributed by atoms with Gasteiger partial charge in [-0.25, -0.2) is 0 Å². The third-order valence-electron chi connectivity index (χ3n) is 0. The molecule has 0 aromatic rings. The van der Waals surface area contributed by atoms with Crippen molar-refractivity contribution in [2.24, 2.45) is 11.5 Å². The van der Waals surface area contributed by atoms with Crippen LogP contribution in [0.4, 0.5) is 0 Å². The van der Waals surface area contributed by atoms with Gasteiger partial charge < -0.3 is 11.5 Å². The monoisotopic (exact) mass is 390 g/mol. The number of rotatable bonds is 0. The first-order valence-electron chi connectivity index (χ1n) is 1.29. The van der Waals surface area contributed by atoms with Crippen LogP contribution in [-0.2, 0) is 0 Å². The molecule has 0 bridgehead atoms.